The lowest BCUT2D eigenvalue weighted by Gasteiger charge is -2.40. The molecule has 9 nitrogen and oxygen atoms in total. The summed E-state index contributed by atoms with van der Waals surface area (Å²) in [5.41, 5.74) is 5.27. The van der Waals surface area contributed by atoms with Gasteiger partial charge in [-0.2, -0.15) is 0 Å². The molecule has 1 aliphatic heterocycles. The zero-order chi connectivity index (χ0) is 32.5. The minimum absolute atomic E-state index is 0.267. The third kappa shape index (κ3) is 5.86. The number of carboxylic acids is 1. The van der Waals surface area contributed by atoms with Crippen LogP contribution in [0.25, 0.3) is 28.2 Å². The number of ether oxygens (including phenoxy) is 2. The first-order valence-electron chi connectivity index (χ1n) is 16.5. The summed E-state index contributed by atoms with van der Waals surface area (Å²) in [6, 6.07) is 18.8. The number of benzene rings is 3. The second-order valence-electron chi connectivity index (χ2n) is 12.8. The molecule has 0 saturated heterocycles. The molecule has 7 rings (SSSR count). The Morgan fingerprint density at radius 2 is 1.77 bits per heavy atom. The van der Waals surface area contributed by atoms with Crippen molar-refractivity contribution >= 4 is 40.4 Å². The monoisotopic (exact) mass is 632 g/mol. The van der Waals surface area contributed by atoms with Gasteiger partial charge in [0, 0.05) is 33.8 Å². The average Bonchev–Trinajstić information content (AvgIpc) is 3.27. The molecule has 2 heterocycles. The quantitative estimate of drug-likeness (QED) is 0.237. The van der Waals surface area contributed by atoms with Crippen molar-refractivity contribution in [2.75, 3.05) is 19.0 Å². The topological polar surface area (TPSA) is 122 Å². The molecule has 3 aliphatic rings. The first kappa shape index (κ1) is 30.6. The van der Waals surface area contributed by atoms with Gasteiger partial charge in [0.05, 0.1) is 25.3 Å². The minimum atomic E-state index is -1.28. The molecule has 9 heteroatoms. The van der Waals surface area contributed by atoms with E-state index in [-0.39, 0.29) is 11.8 Å². The highest BCUT2D eigenvalue weighted by Crippen LogP contribution is 2.48. The zero-order valence-electron chi connectivity index (χ0n) is 26.5. The molecule has 2 amide bonds. The predicted molar refractivity (Wildman–Crippen MR) is 178 cm³/mol. The normalized spacial score (nSPS) is 17.1. The third-order valence-corrected chi connectivity index (χ3v) is 9.97. The molecule has 0 unspecified atom stereocenters. The van der Waals surface area contributed by atoms with E-state index in [1.165, 1.54) is 36.3 Å². The highest BCUT2D eigenvalue weighted by molar-refractivity contribution is 6.06. The second-order valence-corrected chi connectivity index (χ2v) is 12.8. The van der Waals surface area contributed by atoms with E-state index < -0.39 is 11.5 Å². The van der Waals surface area contributed by atoms with E-state index in [0.717, 1.165) is 53.6 Å². The number of hydrogen-bond acceptors (Lipinski definition) is 6. The summed E-state index contributed by atoms with van der Waals surface area (Å²) in [6.07, 6.45) is 10.2. The molecule has 0 spiro atoms. The van der Waals surface area contributed by atoms with Crippen LogP contribution in [-0.4, -0.2) is 41.6 Å². The molecular formula is C38H38N3O6-. The van der Waals surface area contributed by atoms with Crippen molar-refractivity contribution in [3.05, 3.63) is 83.4 Å². The maximum atomic E-state index is 13.8. The molecule has 2 fully saturated rings. The summed E-state index contributed by atoms with van der Waals surface area (Å²) in [5.74, 6) is 0.162. The van der Waals surface area contributed by atoms with Crippen molar-refractivity contribution in [1.82, 2.24) is 9.88 Å². The number of nitrogens with zero attached hydrogens (tertiary/aromatic N) is 1. The summed E-state index contributed by atoms with van der Waals surface area (Å²) < 4.78 is 14.0. The number of rotatable bonds is 8. The highest BCUT2D eigenvalue weighted by Gasteiger charge is 2.45. The van der Waals surface area contributed by atoms with Crippen molar-refractivity contribution in [3.8, 4) is 22.8 Å². The fourth-order valence-corrected chi connectivity index (χ4v) is 7.36. The van der Waals surface area contributed by atoms with Crippen LogP contribution in [0.15, 0.2) is 66.7 Å². The van der Waals surface area contributed by atoms with Crippen LogP contribution < -0.4 is 25.2 Å². The third-order valence-electron chi connectivity index (χ3n) is 9.97. The Labute approximate surface area is 273 Å². The molecule has 1 aromatic heterocycles. The van der Waals surface area contributed by atoms with Crippen molar-refractivity contribution in [1.29, 1.82) is 0 Å². The van der Waals surface area contributed by atoms with Crippen LogP contribution in [0.5, 0.6) is 11.5 Å². The summed E-state index contributed by atoms with van der Waals surface area (Å²) in [7, 11) is 1.66. The number of hydrogen-bond donors (Lipinski definition) is 2. The smallest absolute Gasteiger partial charge is 0.252 e. The van der Waals surface area contributed by atoms with Gasteiger partial charge in [-0.3, -0.25) is 9.59 Å². The van der Waals surface area contributed by atoms with Gasteiger partial charge in [0.1, 0.15) is 23.6 Å². The van der Waals surface area contributed by atoms with Crippen molar-refractivity contribution in [2.45, 2.75) is 69.4 Å². The van der Waals surface area contributed by atoms with Gasteiger partial charge >= 0.3 is 0 Å². The molecule has 2 aliphatic carbocycles. The van der Waals surface area contributed by atoms with E-state index in [4.69, 9.17) is 9.47 Å². The molecule has 0 radical (unpaired) electrons. The molecule has 0 bridgehead atoms. The Hall–Kier alpha value is -5.05. The lowest BCUT2D eigenvalue weighted by Crippen LogP contribution is -2.61. The number of aromatic nitrogens is 1. The van der Waals surface area contributed by atoms with Crippen LogP contribution in [0.4, 0.5) is 5.69 Å². The van der Waals surface area contributed by atoms with Crippen molar-refractivity contribution in [3.63, 3.8) is 0 Å². The van der Waals surface area contributed by atoms with Crippen LogP contribution in [-0.2, 0) is 16.1 Å². The zero-order valence-corrected chi connectivity index (χ0v) is 26.5. The van der Waals surface area contributed by atoms with Crippen molar-refractivity contribution < 1.29 is 29.0 Å². The summed E-state index contributed by atoms with van der Waals surface area (Å²) in [5, 5.41) is 17.9. The molecule has 4 aromatic rings. The van der Waals surface area contributed by atoms with Gasteiger partial charge in [-0.15, -0.1) is 0 Å². The Morgan fingerprint density at radius 1 is 0.979 bits per heavy atom. The Kier molecular flexibility index (Phi) is 8.22. The summed E-state index contributed by atoms with van der Waals surface area (Å²) in [6.45, 7) is 1.14. The maximum absolute atomic E-state index is 13.8. The number of aliphatic carboxylic acids is 1. The molecule has 3 aromatic carbocycles. The van der Waals surface area contributed by atoms with Crippen LogP contribution in [0.2, 0.25) is 0 Å². The largest absolute Gasteiger partial charge is 0.545 e. The Morgan fingerprint density at radius 3 is 2.47 bits per heavy atom. The minimum Gasteiger partial charge on any atom is -0.545 e. The van der Waals surface area contributed by atoms with Crippen molar-refractivity contribution in [2.24, 2.45) is 0 Å². The number of carbonyl (C=O) groups is 3. The molecule has 47 heavy (non-hydrogen) atoms. The van der Waals surface area contributed by atoms with Gasteiger partial charge in [-0.05, 0) is 91.6 Å². The first-order chi connectivity index (χ1) is 22.8. The number of methoxy groups -OCH3 is 1. The molecule has 2 N–H and O–H groups in total. The summed E-state index contributed by atoms with van der Waals surface area (Å²) in [4.78, 5) is 38.1. The first-order valence-corrected chi connectivity index (χ1v) is 16.5. The number of fused-ring (bicyclic) bond motifs is 5. The number of anilines is 1. The number of nitrogens with one attached hydrogen (secondary N) is 2. The van der Waals surface area contributed by atoms with Crippen LogP contribution in [0.3, 0.4) is 0 Å². The highest BCUT2D eigenvalue weighted by atomic mass is 16.5. The fraction of sp³-hybridized carbons (Fsp3) is 0.342. The number of carboxylic acid groups (broad SMARTS) is 1. The fourth-order valence-electron chi connectivity index (χ4n) is 7.36. The molecule has 242 valence electrons. The van der Waals surface area contributed by atoms with E-state index in [2.05, 4.69) is 27.3 Å². The lowest BCUT2D eigenvalue weighted by atomic mass is 9.75. The standard InChI is InChI=1S/C38H39N3O6/c1-46-28-14-16-30-32(23-28)47-21-20-41-31-22-26(11-15-29(31)34(35(30)41)25-6-3-2-4-7-25)36(44)40-38(18-5-19-38)37(45)39-27-12-8-24(9-13-27)10-17-33(42)43/h8-17,22-23,25H,2-7,18-21H2,1H3,(H,39,45)(H,40,44)(H,42,43)/p-1/b17-10+. The lowest BCUT2D eigenvalue weighted by molar-refractivity contribution is -0.297. The van der Waals surface area contributed by atoms with Gasteiger partial charge in [-0.1, -0.05) is 43.5 Å². The van der Waals surface area contributed by atoms with Crippen LogP contribution >= 0.6 is 0 Å². The number of amides is 2. The van der Waals surface area contributed by atoms with Gasteiger partial charge in [0.2, 0.25) is 5.91 Å². The van der Waals surface area contributed by atoms with Crippen LogP contribution in [0.1, 0.15) is 78.8 Å². The van der Waals surface area contributed by atoms with Gasteiger partial charge in [0.25, 0.3) is 5.91 Å². The second kappa shape index (κ2) is 12.6. The predicted octanol–water partition coefficient (Wildman–Crippen LogP) is 5.81. The van der Waals surface area contributed by atoms with E-state index in [1.807, 2.05) is 24.3 Å². The molecule has 0 atom stereocenters. The SMILES string of the molecule is COc1ccc2c(c1)OCCn1c-2c(C2CCCCC2)c2ccc(C(=O)NC3(C(=O)Nc4ccc(/C=C/C(=O)[O-])cc4)CCC3)cc21. The molecular weight excluding hydrogens is 594 g/mol. The van der Waals surface area contributed by atoms with Gasteiger partial charge in [0.15, 0.2) is 0 Å². The molecule has 2 saturated carbocycles. The van der Waals surface area contributed by atoms with Gasteiger partial charge < -0.3 is 34.6 Å². The van der Waals surface area contributed by atoms with Gasteiger partial charge in [-0.25, -0.2) is 0 Å². The van der Waals surface area contributed by atoms with E-state index >= 15 is 0 Å². The van der Waals surface area contributed by atoms with E-state index in [1.54, 1.807) is 31.4 Å². The Bertz CT molecular complexity index is 1880. The van der Waals surface area contributed by atoms with E-state index in [0.29, 0.717) is 48.7 Å². The summed E-state index contributed by atoms with van der Waals surface area (Å²) >= 11 is 0. The Balaban J connectivity index is 1.19. The van der Waals surface area contributed by atoms with E-state index in [9.17, 15) is 19.5 Å². The van der Waals surface area contributed by atoms with Crippen LogP contribution in [0, 0.1) is 0 Å². The maximum Gasteiger partial charge on any atom is 0.252 e. The number of carbonyl (C=O) groups excluding carboxylic acids is 3. The average molecular weight is 633 g/mol.